The van der Waals surface area contributed by atoms with Crippen molar-refractivity contribution in [3.63, 3.8) is 0 Å². The van der Waals surface area contributed by atoms with Gasteiger partial charge in [-0.25, -0.2) is 0 Å². The maximum atomic E-state index is 10.9. The maximum Gasteiger partial charge on any atom is 0.310 e. The van der Waals surface area contributed by atoms with E-state index in [1.165, 1.54) is 18.5 Å². The molecule has 2 aromatic rings. The molecule has 2 N–H and O–H groups in total. The van der Waals surface area contributed by atoms with E-state index in [-0.39, 0.29) is 18.3 Å². The highest BCUT2D eigenvalue weighted by molar-refractivity contribution is 5.59. The Morgan fingerprint density at radius 1 is 1.39 bits per heavy atom. The summed E-state index contributed by atoms with van der Waals surface area (Å²) in [6, 6.07) is 8.65. The molecule has 0 aliphatic heterocycles. The summed E-state index contributed by atoms with van der Waals surface area (Å²) in [6.45, 7) is 3.98. The van der Waals surface area contributed by atoms with E-state index in [2.05, 4.69) is 10.3 Å². The van der Waals surface area contributed by atoms with Crippen LogP contribution in [0.1, 0.15) is 25.5 Å². The summed E-state index contributed by atoms with van der Waals surface area (Å²) in [5, 5.41) is 24.1. The molecule has 7 heteroatoms. The highest BCUT2D eigenvalue weighted by Crippen LogP contribution is 2.24. The molecule has 23 heavy (non-hydrogen) atoms. The van der Waals surface area contributed by atoms with Crippen molar-refractivity contribution in [1.82, 2.24) is 4.98 Å². The Morgan fingerprint density at radius 2 is 2.17 bits per heavy atom. The lowest BCUT2D eigenvalue weighted by molar-refractivity contribution is -0.384. The molecule has 1 heterocycles. The Morgan fingerprint density at radius 3 is 2.87 bits per heavy atom. The van der Waals surface area contributed by atoms with Gasteiger partial charge >= 0.3 is 5.69 Å². The quantitative estimate of drug-likeness (QED) is 0.602. The molecule has 0 bridgehead atoms. The molecule has 122 valence electrons. The summed E-state index contributed by atoms with van der Waals surface area (Å²) in [5.41, 5.74) is 0.864. The minimum absolute atomic E-state index is 0.0417. The number of benzene rings is 1. The van der Waals surface area contributed by atoms with Gasteiger partial charge in [0, 0.05) is 12.7 Å². The average molecular weight is 317 g/mol. The lowest BCUT2D eigenvalue weighted by Gasteiger charge is -2.15. The first-order valence-electron chi connectivity index (χ1n) is 7.24. The van der Waals surface area contributed by atoms with Gasteiger partial charge in [0.25, 0.3) is 0 Å². The largest absolute Gasteiger partial charge is 0.491 e. The first kappa shape index (κ1) is 16.7. The van der Waals surface area contributed by atoms with Gasteiger partial charge in [0.1, 0.15) is 17.6 Å². The van der Waals surface area contributed by atoms with E-state index in [0.717, 1.165) is 0 Å². The number of ether oxygens (including phenoxy) is 1. The van der Waals surface area contributed by atoms with Gasteiger partial charge in [-0.15, -0.1) is 0 Å². The molecule has 0 unspecified atom stereocenters. The zero-order valence-electron chi connectivity index (χ0n) is 13.0. The Bertz CT molecular complexity index is 676. The first-order valence-corrected chi connectivity index (χ1v) is 7.24. The van der Waals surface area contributed by atoms with Crippen molar-refractivity contribution in [3.8, 4) is 5.75 Å². The predicted octanol–water partition coefficient (Wildman–Crippen LogP) is 2.92. The molecule has 1 atom stereocenters. The Hall–Kier alpha value is -2.67. The smallest absolute Gasteiger partial charge is 0.310 e. The summed E-state index contributed by atoms with van der Waals surface area (Å²) in [4.78, 5) is 14.1. The zero-order valence-corrected chi connectivity index (χ0v) is 13.0. The van der Waals surface area contributed by atoms with E-state index in [1.807, 2.05) is 19.9 Å². The molecular weight excluding hydrogens is 298 g/mol. The van der Waals surface area contributed by atoms with Crippen molar-refractivity contribution in [2.24, 2.45) is 0 Å². The van der Waals surface area contributed by atoms with Crippen molar-refractivity contribution < 1.29 is 14.8 Å². The van der Waals surface area contributed by atoms with Gasteiger partial charge in [0.05, 0.1) is 17.1 Å². The molecule has 0 saturated carbocycles. The Kier molecular flexibility index (Phi) is 5.48. The van der Waals surface area contributed by atoms with Crippen molar-refractivity contribution in [3.05, 3.63) is 58.4 Å². The second-order valence-electron chi connectivity index (χ2n) is 5.29. The van der Waals surface area contributed by atoms with Crippen molar-refractivity contribution >= 4 is 11.4 Å². The molecule has 2 rings (SSSR count). The third-order valence-electron chi connectivity index (χ3n) is 3.10. The molecule has 0 saturated heterocycles. The van der Waals surface area contributed by atoms with Crippen LogP contribution in [0.3, 0.4) is 0 Å². The number of aromatic nitrogens is 1. The lowest BCUT2D eigenvalue weighted by Crippen LogP contribution is -2.13. The fourth-order valence-electron chi connectivity index (χ4n) is 2.07. The van der Waals surface area contributed by atoms with Crippen molar-refractivity contribution in [2.75, 3.05) is 11.9 Å². The van der Waals surface area contributed by atoms with Crippen LogP contribution in [0.5, 0.6) is 5.75 Å². The highest BCUT2D eigenvalue weighted by atomic mass is 16.6. The van der Waals surface area contributed by atoms with Crippen LogP contribution in [-0.4, -0.2) is 27.7 Å². The van der Waals surface area contributed by atoms with Crippen LogP contribution in [0.25, 0.3) is 0 Å². The Balaban J connectivity index is 2.05. The second-order valence-corrected chi connectivity index (χ2v) is 5.29. The molecule has 0 amide bonds. The number of nitro groups is 1. The van der Waals surface area contributed by atoms with Gasteiger partial charge < -0.3 is 15.2 Å². The van der Waals surface area contributed by atoms with E-state index in [9.17, 15) is 15.2 Å². The number of hydrogen-bond acceptors (Lipinski definition) is 6. The number of anilines is 1. The van der Waals surface area contributed by atoms with E-state index < -0.39 is 11.0 Å². The summed E-state index contributed by atoms with van der Waals surface area (Å²) in [5.74, 6) is 0.673. The molecule has 7 nitrogen and oxygen atoms in total. The van der Waals surface area contributed by atoms with Crippen LogP contribution < -0.4 is 10.1 Å². The molecule has 0 aliphatic rings. The van der Waals surface area contributed by atoms with E-state index in [1.54, 1.807) is 18.2 Å². The Labute approximate surface area is 134 Å². The maximum absolute atomic E-state index is 10.9. The number of hydrogen-bond donors (Lipinski definition) is 2. The number of aliphatic hydroxyl groups excluding tert-OH is 1. The molecule has 0 radical (unpaired) electrons. The number of aliphatic hydroxyl groups is 1. The summed E-state index contributed by atoms with van der Waals surface area (Å²) in [6.07, 6.45) is 1.85. The summed E-state index contributed by atoms with van der Waals surface area (Å²) in [7, 11) is 0. The van der Waals surface area contributed by atoms with E-state index >= 15 is 0 Å². The average Bonchev–Trinajstić information content (AvgIpc) is 2.52. The lowest BCUT2D eigenvalue weighted by atomic mass is 10.1. The van der Waals surface area contributed by atoms with Gasteiger partial charge in [-0.05, 0) is 37.6 Å². The van der Waals surface area contributed by atoms with Gasteiger partial charge in [0.2, 0.25) is 0 Å². The minimum atomic E-state index is -0.821. The van der Waals surface area contributed by atoms with Gasteiger partial charge in [-0.3, -0.25) is 15.1 Å². The topological polar surface area (TPSA) is 97.5 Å². The van der Waals surface area contributed by atoms with Crippen LogP contribution in [0.15, 0.2) is 42.7 Å². The molecule has 0 fully saturated rings. The van der Waals surface area contributed by atoms with Crippen molar-refractivity contribution in [1.29, 1.82) is 0 Å². The second kappa shape index (κ2) is 7.55. The third-order valence-corrected chi connectivity index (χ3v) is 3.10. The SMILES string of the molecule is CC(C)Oc1cccc([C@H](O)CNc2ccncc2[N+](=O)[O-])c1. The molecule has 0 spiro atoms. The minimum Gasteiger partial charge on any atom is -0.491 e. The third kappa shape index (κ3) is 4.65. The normalized spacial score (nSPS) is 12.0. The first-order chi connectivity index (χ1) is 11.0. The van der Waals surface area contributed by atoms with Crippen LogP contribution in [0, 0.1) is 10.1 Å². The number of rotatable bonds is 7. The van der Waals surface area contributed by atoms with Gasteiger partial charge in [-0.1, -0.05) is 12.1 Å². The van der Waals surface area contributed by atoms with E-state index in [0.29, 0.717) is 17.0 Å². The summed E-state index contributed by atoms with van der Waals surface area (Å²) < 4.78 is 5.59. The molecule has 0 aliphatic carbocycles. The molecular formula is C16H19N3O4. The van der Waals surface area contributed by atoms with Gasteiger partial charge in [-0.2, -0.15) is 0 Å². The number of nitrogens with zero attached hydrogens (tertiary/aromatic N) is 2. The monoisotopic (exact) mass is 317 g/mol. The zero-order chi connectivity index (χ0) is 16.8. The fourth-order valence-corrected chi connectivity index (χ4v) is 2.07. The molecule has 1 aromatic carbocycles. The number of pyridine rings is 1. The molecule has 1 aromatic heterocycles. The summed E-state index contributed by atoms with van der Waals surface area (Å²) >= 11 is 0. The van der Waals surface area contributed by atoms with Crippen LogP contribution >= 0.6 is 0 Å². The highest BCUT2D eigenvalue weighted by Gasteiger charge is 2.15. The van der Waals surface area contributed by atoms with E-state index in [4.69, 9.17) is 4.74 Å². The van der Waals surface area contributed by atoms with Crippen LogP contribution in [0.2, 0.25) is 0 Å². The van der Waals surface area contributed by atoms with Crippen molar-refractivity contribution in [2.45, 2.75) is 26.1 Å². The number of nitrogens with one attached hydrogen (secondary N) is 1. The van der Waals surface area contributed by atoms with Crippen LogP contribution in [-0.2, 0) is 0 Å². The predicted molar refractivity (Wildman–Crippen MR) is 86.5 cm³/mol. The fraction of sp³-hybridized carbons (Fsp3) is 0.312. The van der Waals surface area contributed by atoms with Crippen LogP contribution in [0.4, 0.5) is 11.4 Å². The van der Waals surface area contributed by atoms with Gasteiger partial charge in [0.15, 0.2) is 0 Å². The standard InChI is InChI=1S/C16H19N3O4/c1-11(2)23-13-5-3-4-12(8-13)16(20)10-18-14-6-7-17-9-15(14)19(21)22/h3-9,11,16,20H,10H2,1-2H3,(H,17,18)/t16-/m1/s1.